The Balaban J connectivity index is 1.04. The zero-order valence-electron chi connectivity index (χ0n) is 43.7. The molecule has 14 nitrogen and oxygen atoms in total. The van der Waals surface area contributed by atoms with Gasteiger partial charge in [0.15, 0.2) is 17.2 Å². The van der Waals surface area contributed by atoms with E-state index in [9.17, 15) is 24.5 Å². The number of nitrogens with one attached hydrogen (secondary N) is 2. The van der Waals surface area contributed by atoms with Crippen molar-refractivity contribution in [2.45, 2.75) is 135 Å². The van der Waals surface area contributed by atoms with Crippen molar-refractivity contribution in [2.24, 2.45) is 5.92 Å². The first-order valence-electron chi connectivity index (χ1n) is 25.8. The molecule has 0 saturated carbocycles. The summed E-state index contributed by atoms with van der Waals surface area (Å²) in [5, 5.41) is 18.8. The highest BCUT2D eigenvalue weighted by molar-refractivity contribution is 8.76. The number of amides is 2. The smallest absolute Gasteiger partial charge is 0.493 e. The summed E-state index contributed by atoms with van der Waals surface area (Å²) in [5.41, 5.74) is 4.58. The molecule has 2 N–H and O–H groups in total. The topological polar surface area (TPSA) is 158 Å². The molecule has 2 atom stereocenters. The number of allylic oxidation sites excluding steroid dienone is 2. The number of nitro groups is 1. The third-order valence-electron chi connectivity index (χ3n) is 13.2. The number of methoxy groups -OCH3 is 1. The van der Waals surface area contributed by atoms with Crippen LogP contribution in [0.2, 0.25) is 0 Å². The molecule has 2 amide bonds. The lowest BCUT2D eigenvalue weighted by molar-refractivity contribution is -0.870. The summed E-state index contributed by atoms with van der Waals surface area (Å²) in [6.45, 7) is 5.15. The Morgan fingerprint density at radius 1 is 0.944 bits per heavy atom. The first-order valence-corrected chi connectivity index (χ1v) is 28.1. The molecule has 3 aromatic rings. The van der Waals surface area contributed by atoms with Crippen molar-refractivity contribution in [3.63, 3.8) is 0 Å². The van der Waals surface area contributed by atoms with E-state index in [0.29, 0.717) is 72.8 Å². The molecule has 0 saturated heterocycles. The average Bonchev–Trinajstić information content (AvgIpc) is 3.88. The van der Waals surface area contributed by atoms with Crippen molar-refractivity contribution < 1.29 is 46.4 Å². The summed E-state index contributed by atoms with van der Waals surface area (Å²) in [5.74, 6) is 0.230. The number of nitro benzene ring substituents is 1. The molecule has 0 spiro atoms. The quantitative estimate of drug-likeness (QED) is 0.0150. The number of fused-ring (bicyclic) bond motifs is 2. The lowest BCUT2D eigenvalue weighted by Crippen LogP contribution is -2.51. The van der Waals surface area contributed by atoms with Crippen LogP contribution in [-0.2, 0) is 27.2 Å². The van der Waals surface area contributed by atoms with E-state index in [4.69, 9.17) is 9.47 Å². The number of rotatable bonds is 33. The van der Waals surface area contributed by atoms with Gasteiger partial charge in [0, 0.05) is 85.5 Å². The normalized spacial score (nSPS) is 14.8. The summed E-state index contributed by atoms with van der Waals surface area (Å²) in [6, 6.07) is 10.8. The number of carbonyl (C=O) groups is 3. The summed E-state index contributed by atoms with van der Waals surface area (Å²) < 4.78 is 48.8. The summed E-state index contributed by atoms with van der Waals surface area (Å²) in [4.78, 5) is 55.3. The Hall–Kier alpha value is -5.01. The van der Waals surface area contributed by atoms with E-state index in [1.165, 1.54) is 22.1 Å². The van der Waals surface area contributed by atoms with E-state index in [1.54, 1.807) is 33.9 Å². The van der Waals surface area contributed by atoms with Crippen molar-refractivity contribution >= 4 is 63.6 Å². The number of halogens is 2. The molecule has 5 rings (SSSR count). The van der Waals surface area contributed by atoms with Crippen LogP contribution >= 0.6 is 21.6 Å². The van der Waals surface area contributed by atoms with Crippen molar-refractivity contribution in [1.29, 1.82) is 0 Å². The molecule has 1 aromatic carbocycles. The van der Waals surface area contributed by atoms with Crippen LogP contribution in [-0.4, -0.2) is 114 Å². The second-order valence-corrected chi connectivity index (χ2v) is 22.3. The predicted molar refractivity (Wildman–Crippen MR) is 287 cm³/mol. The molecule has 0 fully saturated rings. The Labute approximate surface area is 433 Å². The fourth-order valence-corrected chi connectivity index (χ4v) is 11.4. The predicted octanol–water partition coefficient (Wildman–Crippen LogP) is 10.7. The molecule has 0 aliphatic carbocycles. The maximum atomic E-state index is 17.0. The lowest BCUT2D eigenvalue weighted by Gasteiger charge is -2.32. The van der Waals surface area contributed by atoms with Gasteiger partial charge in [-0.1, -0.05) is 57.4 Å². The van der Waals surface area contributed by atoms with Gasteiger partial charge in [0.05, 0.1) is 52.3 Å². The van der Waals surface area contributed by atoms with Gasteiger partial charge >= 0.3 is 6.97 Å². The number of ether oxygens (including phenoxy) is 2. The highest BCUT2D eigenvalue weighted by Crippen LogP contribution is 2.42. The fourth-order valence-electron chi connectivity index (χ4n) is 9.44. The summed E-state index contributed by atoms with van der Waals surface area (Å²) in [7, 11) is 11.1. The number of nitrogens with zero attached hydrogens (tertiary/aromatic N) is 5. The van der Waals surface area contributed by atoms with Crippen LogP contribution in [0.3, 0.4) is 0 Å². The molecule has 2 unspecified atom stereocenters. The zero-order valence-corrected chi connectivity index (χ0v) is 45.4. The number of aromatic nitrogens is 2. The van der Waals surface area contributed by atoms with E-state index in [2.05, 4.69) is 43.7 Å². The Morgan fingerprint density at radius 2 is 1.72 bits per heavy atom. The monoisotopic (exact) mass is 1040 g/mol. The summed E-state index contributed by atoms with van der Waals surface area (Å²) in [6.07, 6.45) is 13.5. The molecule has 0 radical (unpaired) electrons. The number of ketones is 1. The van der Waals surface area contributed by atoms with Crippen molar-refractivity contribution in [2.75, 3.05) is 60.2 Å². The average molecular weight is 1040 g/mol. The van der Waals surface area contributed by atoms with Crippen LogP contribution in [0.4, 0.5) is 14.3 Å². The van der Waals surface area contributed by atoms with E-state index in [0.717, 1.165) is 71.5 Å². The van der Waals surface area contributed by atoms with Crippen LogP contribution in [0.15, 0.2) is 65.0 Å². The molecule has 2 aliphatic rings. The number of carbonyl (C=O) groups excluding carboxylic acids is 3. The van der Waals surface area contributed by atoms with Gasteiger partial charge in [-0.25, -0.2) is 4.98 Å². The minimum atomic E-state index is -4.21. The standard InChI is InChI=1S/C53H76BF2N7O7S2/c1-9-18-40-32-42(21-16-29-63(5,6)7)60-46(40)36-47-41(19-10-2)33-43(61(47)54(60,55)56)24-25-44(64)34-39(11-3)53(66)59-27-14-12-22-51(65)57-28-30-70-50-37-48(62(67)68)45(35-49(50)69-8)38(4)20-17-31-71-72-52-23-13-15-26-58-52/h13,15,23,26,32-33,35-39H,9-12,14,16-22,24-25,27-31,34H2,1-8H3,(H-,57,59,65,66)/p+1. The third-order valence-corrected chi connectivity index (χ3v) is 15.5. The van der Waals surface area contributed by atoms with Crippen LogP contribution in [0.5, 0.6) is 11.5 Å². The van der Waals surface area contributed by atoms with E-state index in [-0.39, 0.29) is 73.8 Å². The first kappa shape index (κ1) is 57.9. The Kier molecular flexibility index (Phi) is 22.4. The molecular formula is C53H77BF2N7O7S2+. The molecule has 72 heavy (non-hydrogen) atoms. The lowest BCUT2D eigenvalue weighted by atomic mass is 9.88. The van der Waals surface area contributed by atoms with Crippen molar-refractivity contribution in [3.05, 3.63) is 92.6 Å². The first-order chi connectivity index (χ1) is 34.4. The second-order valence-electron chi connectivity index (χ2n) is 19.9. The number of hydrogen-bond donors (Lipinski definition) is 2. The van der Waals surface area contributed by atoms with E-state index < -0.39 is 17.8 Å². The van der Waals surface area contributed by atoms with E-state index in [1.807, 2.05) is 57.2 Å². The number of hydrogen-bond acceptors (Lipinski definition) is 10. The largest absolute Gasteiger partial charge is 0.737 e. The highest BCUT2D eigenvalue weighted by atomic mass is 33.1. The minimum Gasteiger partial charge on any atom is -0.493 e. The number of aryl methyl sites for hydroxylation is 2. The molecule has 2 aliphatic heterocycles. The van der Waals surface area contributed by atoms with Gasteiger partial charge in [-0.2, -0.15) is 0 Å². The molecule has 0 bridgehead atoms. The number of Topliss-reactive ketones (excluding diaryl/α,β-unsaturated/α-hetero) is 1. The molecule has 19 heteroatoms. The molecular weight excluding hydrogens is 960 g/mol. The number of benzene rings is 1. The number of pyridine rings is 1. The van der Waals surface area contributed by atoms with Crippen LogP contribution in [0.1, 0.15) is 140 Å². The molecule has 4 heterocycles. The van der Waals surface area contributed by atoms with Gasteiger partial charge in [0.1, 0.15) is 23.1 Å². The third kappa shape index (κ3) is 16.2. The van der Waals surface area contributed by atoms with Gasteiger partial charge < -0.3 is 42.2 Å². The van der Waals surface area contributed by atoms with Gasteiger partial charge in [-0.3, -0.25) is 24.5 Å². The highest BCUT2D eigenvalue weighted by Gasteiger charge is 2.54. The van der Waals surface area contributed by atoms with Gasteiger partial charge in [0.25, 0.3) is 5.69 Å². The zero-order chi connectivity index (χ0) is 52.4. The Morgan fingerprint density at radius 3 is 2.40 bits per heavy atom. The number of quaternary nitrogens is 1. The SMILES string of the molecule is CCCC1=CC(CCC(=O)CC(CC)C(=O)NCCCCC(=O)NCCOc2cc([N+](=O)[O-])c(C(C)CCCSSc3ccccn3)cc2OC)=[N+]2C1=Cc1c(CCC)cc(CCC[N+](C)(C)C)n1[B-]2(F)F. The van der Waals surface area contributed by atoms with Crippen molar-refractivity contribution in [1.82, 2.24) is 20.1 Å². The van der Waals surface area contributed by atoms with Gasteiger partial charge in [-0.05, 0) is 104 Å². The van der Waals surface area contributed by atoms with Crippen LogP contribution in [0.25, 0.3) is 6.08 Å². The van der Waals surface area contributed by atoms with Crippen LogP contribution in [0, 0.1) is 16.0 Å². The summed E-state index contributed by atoms with van der Waals surface area (Å²) >= 11 is 0. The number of unbranched alkanes of at least 4 members (excludes halogenated alkanes) is 1. The van der Waals surface area contributed by atoms with Gasteiger partial charge in [-0.15, -0.1) is 0 Å². The fraction of sp³-hybridized carbons (Fsp3) is 0.566. The maximum absolute atomic E-state index is 17.0. The van der Waals surface area contributed by atoms with Crippen LogP contribution < -0.4 is 20.1 Å². The van der Waals surface area contributed by atoms with Crippen molar-refractivity contribution in [3.8, 4) is 11.5 Å². The molecule has 2 aromatic heterocycles. The minimum absolute atomic E-state index is 0.0177. The maximum Gasteiger partial charge on any atom is 0.737 e. The molecule has 394 valence electrons. The van der Waals surface area contributed by atoms with E-state index >= 15 is 8.63 Å². The van der Waals surface area contributed by atoms with Gasteiger partial charge in [0.2, 0.25) is 11.8 Å². The second kappa shape index (κ2) is 27.9. The Bertz CT molecular complexity index is 2440.